The summed E-state index contributed by atoms with van der Waals surface area (Å²) >= 11 is 0. The van der Waals surface area contributed by atoms with Gasteiger partial charge in [0.05, 0.1) is 18.9 Å². The van der Waals surface area contributed by atoms with E-state index < -0.39 is 7.60 Å². The standard InChI is InChI=1S/C24H29O3P/c1-5-26-28(25,27-6-2)22-17-18(3)23(20-13-9-7-10-14-20)24(19(22)4)21-15-11-8-12-16-21/h7-16,22H,5-6,17H2,1-4H3. The normalized spacial score (nSPS) is 17.9. The Labute approximate surface area is 168 Å². The minimum atomic E-state index is -3.26. The van der Waals surface area contributed by atoms with E-state index in [0.29, 0.717) is 19.6 Å². The molecule has 0 N–H and O–H groups in total. The third-order valence-corrected chi connectivity index (χ3v) is 7.76. The van der Waals surface area contributed by atoms with Gasteiger partial charge in [-0.3, -0.25) is 4.57 Å². The van der Waals surface area contributed by atoms with Crippen LogP contribution in [0.1, 0.15) is 45.2 Å². The van der Waals surface area contributed by atoms with Gasteiger partial charge in [0.2, 0.25) is 0 Å². The van der Waals surface area contributed by atoms with Crippen molar-refractivity contribution in [2.45, 2.75) is 39.8 Å². The third kappa shape index (κ3) is 4.07. The lowest BCUT2D eigenvalue weighted by molar-refractivity contribution is 0.214. The molecule has 1 aliphatic rings. The molecule has 3 rings (SSSR count). The lowest BCUT2D eigenvalue weighted by atomic mass is 9.80. The fourth-order valence-corrected chi connectivity index (χ4v) is 6.28. The van der Waals surface area contributed by atoms with E-state index in [1.54, 1.807) is 0 Å². The van der Waals surface area contributed by atoms with Gasteiger partial charge in [0.25, 0.3) is 0 Å². The Morgan fingerprint density at radius 1 is 0.821 bits per heavy atom. The SMILES string of the molecule is CCOP(=O)(OCC)C1CC(C)=C(c2ccccc2)C(c2ccccc2)=C1C. The maximum absolute atomic E-state index is 13.6. The maximum Gasteiger partial charge on any atom is 0.338 e. The van der Waals surface area contributed by atoms with Crippen LogP contribution in [-0.2, 0) is 13.6 Å². The Hall–Kier alpha value is -1.93. The van der Waals surface area contributed by atoms with E-state index >= 15 is 0 Å². The molecule has 0 saturated heterocycles. The van der Waals surface area contributed by atoms with Gasteiger partial charge in [0.15, 0.2) is 0 Å². The zero-order valence-corrected chi connectivity index (χ0v) is 18.0. The smallest absolute Gasteiger partial charge is 0.308 e. The summed E-state index contributed by atoms with van der Waals surface area (Å²) in [6, 6.07) is 20.8. The zero-order chi connectivity index (χ0) is 20.1. The summed E-state index contributed by atoms with van der Waals surface area (Å²) in [7, 11) is -3.26. The first kappa shape index (κ1) is 20.8. The molecule has 0 spiro atoms. The third-order valence-electron chi connectivity index (χ3n) is 5.20. The highest BCUT2D eigenvalue weighted by molar-refractivity contribution is 7.55. The van der Waals surface area contributed by atoms with Crippen LogP contribution in [-0.4, -0.2) is 18.9 Å². The van der Waals surface area contributed by atoms with Crippen molar-refractivity contribution in [2.75, 3.05) is 13.2 Å². The van der Waals surface area contributed by atoms with Crippen molar-refractivity contribution in [3.05, 3.63) is 82.9 Å². The molecule has 0 aliphatic heterocycles. The van der Waals surface area contributed by atoms with Crippen molar-refractivity contribution >= 4 is 18.7 Å². The molecule has 2 aromatic rings. The van der Waals surface area contributed by atoms with Crippen LogP contribution in [0.4, 0.5) is 0 Å². The Morgan fingerprint density at radius 3 is 1.75 bits per heavy atom. The molecule has 0 bridgehead atoms. The van der Waals surface area contributed by atoms with Crippen LogP contribution >= 0.6 is 7.60 Å². The number of hydrogen-bond acceptors (Lipinski definition) is 3. The van der Waals surface area contributed by atoms with Gasteiger partial charge in [-0.05, 0) is 62.0 Å². The molecule has 28 heavy (non-hydrogen) atoms. The molecular formula is C24H29O3P. The van der Waals surface area contributed by atoms with Gasteiger partial charge >= 0.3 is 7.60 Å². The van der Waals surface area contributed by atoms with E-state index in [1.165, 1.54) is 16.7 Å². The van der Waals surface area contributed by atoms with E-state index in [1.807, 2.05) is 38.1 Å². The first-order chi connectivity index (χ1) is 13.5. The van der Waals surface area contributed by atoms with Crippen molar-refractivity contribution in [3.63, 3.8) is 0 Å². The molecule has 0 saturated carbocycles. The van der Waals surface area contributed by atoms with Crippen LogP contribution < -0.4 is 0 Å². The van der Waals surface area contributed by atoms with Gasteiger partial charge in [-0.15, -0.1) is 0 Å². The van der Waals surface area contributed by atoms with Crippen LogP contribution in [0.5, 0.6) is 0 Å². The van der Waals surface area contributed by atoms with Crippen LogP contribution in [0.3, 0.4) is 0 Å². The van der Waals surface area contributed by atoms with Gasteiger partial charge in [0, 0.05) is 0 Å². The molecule has 0 aromatic heterocycles. The monoisotopic (exact) mass is 396 g/mol. The second-order valence-corrected chi connectivity index (χ2v) is 9.26. The minimum absolute atomic E-state index is 0.268. The fraction of sp³-hybridized carbons (Fsp3) is 0.333. The van der Waals surface area contributed by atoms with Gasteiger partial charge in [0.1, 0.15) is 0 Å². The number of hydrogen-bond donors (Lipinski definition) is 0. The van der Waals surface area contributed by atoms with Gasteiger partial charge in [-0.2, -0.15) is 0 Å². The van der Waals surface area contributed by atoms with E-state index in [4.69, 9.17) is 9.05 Å². The predicted molar refractivity (Wildman–Crippen MR) is 117 cm³/mol. The second-order valence-electron chi connectivity index (χ2n) is 7.04. The van der Waals surface area contributed by atoms with Gasteiger partial charge in [-0.25, -0.2) is 0 Å². The van der Waals surface area contributed by atoms with Crippen molar-refractivity contribution in [1.82, 2.24) is 0 Å². The average molecular weight is 396 g/mol. The average Bonchev–Trinajstić information content (AvgIpc) is 2.70. The molecular weight excluding hydrogens is 367 g/mol. The maximum atomic E-state index is 13.6. The molecule has 3 nitrogen and oxygen atoms in total. The summed E-state index contributed by atoms with van der Waals surface area (Å²) in [5.74, 6) is 0. The Morgan fingerprint density at radius 2 is 1.29 bits per heavy atom. The van der Waals surface area contributed by atoms with Crippen molar-refractivity contribution < 1.29 is 13.6 Å². The van der Waals surface area contributed by atoms with Gasteiger partial charge < -0.3 is 9.05 Å². The Balaban J connectivity index is 2.21. The van der Waals surface area contributed by atoms with Crippen molar-refractivity contribution in [1.29, 1.82) is 0 Å². The highest BCUT2D eigenvalue weighted by atomic mass is 31.2. The molecule has 0 heterocycles. The first-order valence-corrected chi connectivity index (χ1v) is 11.5. The van der Waals surface area contributed by atoms with Crippen LogP contribution in [0.15, 0.2) is 71.8 Å². The molecule has 1 aliphatic carbocycles. The summed E-state index contributed by atoms with van der Waals surface area (Å²) < 4.78 is 25.1. The Kier molecular flexibility index (Phi) is 6.72. The Bertz CT molecular complexity index is 903. The quantitative estimate of drug-likeness (QED) is 0.474. The number of allylic oxidation sites excluding steroid dienone is 4. The van der Waals surface area contributed by atoms with Crippen LogP contribution in [0.2, 0.25) is 0 Å². The largest absolute Gasteiger partial charge is 0.338 e. The number of benzene rings is 2. The fourth-order valence-electron chi connectivity index (χ4n) is 4.02. The molecule has 4 heteroatoms. The van der Waals surface area contributed by atoms with E-state index in [2.05, 4.69) is 50.2 Å². The summed E-state index contributed by atoms with van der Waals surface area (Å²) in [5, 5.41) is 0. The predicted octanol–water partition coefficient (Wildman–Crippen LogP) is 6.97. The zero-order valence-electron chi connectivity index (χ0n) is 17.1. The van der Waals surface area contributed by atoms with E-state index in [9.17, 15) is 4.57 Å². The first-order valence-electron chi connectivity index (χ1n) is 9.92. The lowest BCUT2D eigenvalue weighted by Gasteiger charge is -2.34. The van der Waals surface area contributed by atoms with Crippen LogP contribution in [0, 0.1) is 0 Å². The number of rotatable bonds is 7. The highest BCUT2D eigenvalue weighted by Crippen LogP contribution is 2.61. The molecule has 0 radical (unpaired) electrons. The van der Waals surface area contributed by atoms with Crippen molar-refractivity contribution in [2.24, 2.45) is 0 Å². The summed E-state index contributed by atoms with van der Waals surface area (Å²) in [4.78, 5) is 0. The second kappa shape index (κ2) is 9.05. The topological polar surface area (TPSA) is 35.5 Å². The molecule has 0 fully saturated rings. The molecule has 2 aromatic carbocycles. The minimum Gasteiger partial charge on any atom is -0.308 e. The summed E-state index contributed by atoms with van der Waals surface area (Å²) in [5.41, 5.74) is 6.68. The lowest BCUT2D eigenvalue weighted by Crippen LogP contribution is -2.21. The van der Waals surface area contributed by atoms with Gasteiger partial charge in [-0.1, -0.05) is 66.2 Å². The summed E-state index contributed by atoms with van der Waals surface area (Å²) in [6.45, 7) is 8.68. The molecule has 0 amide bonds. The van der Waals surface area contributed by atoms with Crippen molar-refractivity contribution in [3.8, 4) is 0 Å². The highest BCUT2D eigenvalue weighted by Gasteiger charge is 2.41. The van der Waals surface area contributed by atoms with E-state index in [-0.39, 0.29) is 5.66 Å². The molecule has 148 valence electrons. The summed E-state index contributed by atoms with van der Waals surface area (Å²) in [6.07, 6.45) is 0.670. The molecule has 1 unspecified atom stereocenters. The molecule has 1 atom stereocenters. The van der Waals surface area contributed by atoms with Crippen LogP contribution in [0.25, 0.3) is 11.1 Å². The van der Waals surface area contributed by atoms with E-state index in [0.717, 1.165) is 16.7 Å².